The smallest absolute Gasteiger partial charge is 0.335 e. The number of aryl methyl sites for hydroxylation is 1. The van der Waals surface area contributed by atoms with Gasteiger partial charge in [0.25, 0.3) is 0 Å². The van der Waals surface area contributed by atoms with E-state index in [1.54, 1.807) is 20.8 Å². The predicted molar refractivity (Wildman–Crippen MR) is 75.9 cm³/mol. The second-order valence-corrected chi connectivity index (χ2v) is 6.75. The molecule has 1 rings (SSSR count). The van der Waals surface area contributed by atoms with E-state index in [9.17, 15) is 13.2 Å². The number of halogens is 1. The third kappa shape index (κ3) is 3.16. The van der Waals surface area contributed by atoms with Crippen LogP contribution in [0.1, 0.15) is 29.8 Å². The van der Waals surface area contributed by atoms with E-state index in [2.05, 4.69) is 15.9 Å². The van der Waals surface area contributed by atoms with Crippen molar-refractivity contribution in [2.75, 3.05) is 13.1 Å². The zero-order valence-electron chi connectivity index (χ0n) is 11.0. The fourth-order valence-corrected chi connectivity index (χ4v) is 4.39. The molecule has 5 nitrogen and oxygen atoms in total. The fraction of sp³-hybridized carbons (Fsp3) is 0.417. The molecule has 0 saturated carbocycles. The van der Waals surface area contributed by atoms with E-state index in [1.807, 2.05) is 0 Å². The van der Waals surface area contributed by atoms with Crippen molar-refractivity contribution in [3.05, 3.63) is 27.7 Å². The van der Waals surface area contributed by atoms with Crippen LogP contribution in [-0.2, 0) is 10.0 Å². The molecule has 0 aliphatic rings. The quantitative estimate of drug-likeness (QED) is 0.885. The summed E-state index contributed by atoms with van der Waals surface area (Å²) in [6.07, 6.45) is 0. The molecule has 0 unspecified atom stereocenters. The predicted octanol–water partition coefficient (Wildman–Crippen LogP) is 2.49. The van der Waals surface area contributed by atoms with Crippen molar-refractivity contribution in [3.8, 4) is 0 Å². The number of carboxylic acids is 1. The second kappa shape index (κ2) is 6.02. The minimum absolute atomic E-state index is 0.00562. The Balaban J connectivity index is 3.51. The fourth-order valence-electron chi connectivity index (χ4n) is 1.78. The number of sulfonamides is 1. The average molecular weight is 350 g/mol. The Morgan fingerprint density at radius 3 is 2.26 bits per heavy atom. The molecule has 0 spiro atoms. The summed E-state index contributed by atoms with van der Waals surface area (Å²) in [5, 5.41) is 9.08. The van der Waals surface area contributed by atoms with E-state index >= 15 is 0 Å². The highest BCUT2D eigenvalue weighted by Gasteiger charge is 2.26. The normalized spacial score (nSPS) is 11.8. The number of hydrogen-bond donors (Lipinski definition) is 1. The average Bonchev–Trinajstić information content (AvgIpc) is 2.29. The van der Waals surface area contributed by atoms with Gasteiger partial charge in [-0.3, -0.25) is 0 Å². The molecular formula is C12H16BrNO4S. The van der Waals surface area contributed by atoms with Gasteiger partial charge >= 0.3 is 5.97 Å². The summed E-state index contributed by atoms with van der Waals surface area (Å²) in [6.45, 7) is 5.77. The van der Waals surface area contributed by atoms with Crippen molar-refractivity contribution in [2.45, 2.75) is 25.7 Å². The molecule has 0 heterocycles. The maximum atomic E-state index is 12.4. The van der Waals surface area contributed by atoms with E-state index in [1.165, 1.54) is 16.4 Å². The molecule has 0 aliphatic carbocycles. The number of rotatable bonds is 5. The Hall–Kier alpha value is -0.920. The van der Waals surface area contributed by atoms with Crippen molar-refractivity contribution >= 4 is 31.9 Å². The number of aromatic carboxylic acids is 1. The molecule has 0 saturated heterocycles. The van der Waals surface area contributed by atoms with E-state index in [0.717, 1.165) is 0 Å². The van der Waals surface area contributed by atoms with Crippen LogP contribution in [-0.4, -0.2) is 36.9 Å². The van der Waals surface area contributed by atoms with Crippen LogP contribution in [0.3, 0.4) is 0 Å². The monoisotopic (exact) mass is 349 g/mol. The van der Waals surface area contributed by atoms with Gasteiger partial charge in [0.1, 0.15) is 0 Å². The van der Waals surface area contributed by atoms with Crippen LogP contribution in [0.15, 0.2) is 21.5 Å². The van der Waals surface area contributed by atoms with Gasteiger partial charge in [0.15, 0.2) is 0 Å². The van der Waals surface area contributed by atoms with E-state index in [0.29, 0.717) is 23.1 Å². The zero-order valence-corrected chi connectivity index (χ0v) is 13.4. The number of carbonyl (C=O) groups is 1. The maximum Gasteiger partial charge on any atom is 0.335 e. The van der Waals surface area contributed by atoms with Crippen LogP contribution in [0.4, 0.5) is 0 Å². The largest absolute Gasteiger partial charge is 0.478 e. The number of carboxylic acid groups (broad SMARTS) is 1. The molecule has 19 heavy (non-hydrogen) atoms. The van der Waals surface area contributed by atoms with Crippen LogP contribution >= 0.6 is 15.9 Å². The van der Waals surface area contributed by atoms with Crippen molar-refractivity contribution in [1.82, 2.24) is 4.31 Å². The highest BCUT2D eigenvalue weighted by Crippen LogP contribution is 2.28. The van der Waals surface area contributed by atoms with E-state index in [-0.39, 0.29) is 10.5 Å². The molecule has 1 aromatic rings. The topological polar surface area (TPSA) is 74.7 Å². The van der Waals surface area contributed by atoms with Gasteiger partial charge in [0, 0.05) is 17.6 Å². The Morgan fingerprint density at radius 1 is 1.32 bits per heavy atom. The first-order valence-electron chi connectivity index (χ1n) is 5.79. The second-order valence-electron chi connectivity index (χ2n) is 3.99. The van der Waals surface area contributed by atoms with Gasteiger partial charge in [-0.2, -0.15) is 4.31 Å². The van der Waals surface area contributed by atoms with Crippen LogP contribution in [0, 0.1) is 6.92 Å². The Morgan fingerprint density at radius 2 is 1.84 bits per heavy atom. The first-order valence-corrected chi connectivity index (χ1v) is 8.02. The Kier molecular flexibility index (Phi) is 5.11. The Bertz CT molecular complexity index is 594. The van der Waals surface area contributed by atoms with Crippen molar-refractivity contribution in [2.24, 2.45) is 0 Å². The number of benzene rings is 1. The lowest BCUT2D eigenvalue weighted by Gasteiger charge is -2.20. The van der Waals surface area contributed by atoms with Crippen LogP contribution in [0.25, 0.3) is 0 Å². The molecule has 1 N–H and O–H groups in total. The van der Waals surface area contributed by atoms with Crippen molar-refractivity contribution < 1.29 is 18.3 Å². The molecule has 1 aromatic carbocycles. The first-order chi connectivity index (χ1) is 8.75. The zero-order chi connectivity index (χ0) is 14.8. The third-order valence-corrected chi connectivity index (χ3v) is 5.84. The summed E-state index contributed by atoms with van der Waals surface area (Å²) in [6, 6.07) is 2.72. The van der Waals surface area contributed by atoms with Gasteiger partial charge < -0.3 is 5.11 Å². The molecule has 7 heteroatoms. The molecule has 0 fully saturated rings. The lowest BCUT2D eigenvalue weighted by molar-refractivity contribution is 0.0696. The maximum absolute atomic E-state index is 12.4. The number of hydrogen-bond acceptors (Lipinski definition) is 3. The highest BCUT2D eigenvalue weighted by molar-refractivity contribution is 9.10. The van der Waals surface area contributed by atoms with E-state index in [4.69, 9.17) is 5.11 Å². The summed E-state index contributed by atoms with van der Waals surface area (Å²) in [4.78, 5) is 11.1. The summed E-state index contributed by atoms with van der Waals surface area (Å²) < 4.78 is 26.5. The summed E-state index contributed by atoms with van der Waals surface area (Å²) in [5.74, 6) is -1.14. The molecule has 0 radical (unpaired) electrons. The minimum Gasteiger partial charge on any atom is -0.478 e. The Labute approximate surface area is 121 Å². The standard InChI is InChI=1S/C12H16BrNO4S/c1-4-14(5-2)19(17,18)11-7-9(12(15)16)8(3)6-10(11)13/h6-7H,4-5H2,1-3H3,(H,15,16). The summed E-state index contributed by atoms with van der Waals surface area (Å²) in [5.41, 5.74) is 0.506. The van der Waals surface area contributed by atoms with Gasteiger partial charge in [-0.1, -0.05) is 13.8 Å². The van der Waals surface area contributed by atoms with Gasteiger partial charge in [0.2, 0.25) is 10.0 Å². The van der Waals surface area contributed by atoms with Gasteiger partial charge in [-0.15, -0.1) is 0 Å². The minimum atomic E-state index is -3.68. The number of nitrogens with zero attached hydrogens (tertiary/aromatic N) is 1. The van der Waals surface area contributed by atoms with Crippen molar-refractivity contribution in [3.63, 3.8) is 0 Å². The van der Waals surface area contributed by atoms with Crippen LogP contribution < -0.4 is 0 Å². The van der Waals surface area contributed by atoms with E-state index < -0.39 is 16.0 Å². The molecule has 0 aromatic heterocycles. The third-order valence-electron chi connectivity index (χ3n) is 2.83. The molecule has 0 bridgehead atoms. The van der Waals surface area contributed by atoms with Gasteiger partial charge in [0.05, 0.1) is 10.5 Å². The van der Waals surface area contributed by atoms with Crippen molar-refractivity contribution in [1.29, 1.82) is 0 Å². The SMILES string of the molecule is CCN(CC)S(=O)(=O)c1cc(C(=O)O)c(C)cc1Br. The molecule has 106 valence electrons. The molecule has 0 amide bonds. The highest BCUT2D eigenvalue weighted by atomic mass is 79.9. The van der Waals surface area contributed by atoms with Crippen LogP contribution in [0.5, 0.6) is 0 Å². The lowest BCUT2D eigenvalue weighted by Crippen LogP contribution is -2.31. The molecule has 0 atom stereocenters. The summed E-state index contributed by atoms with van der Waals surface area (Å²) in [7, 11) is -3.68. The van der Waals surface area contributed by atoms with Crippen LogP contribution in [0.2, 0.25) is 0 Å². The first kappa shape index (κ1) is 16.1. The molecular weight excluding hydrogens is 334 g/mol. The van der Waals surface area contributed by atoms with Gasteiger partial charge in [-0.05, 0) is 40.5 Å². The lowest BCUT2D eigenvalue weighted by atomic mass is 10.1. The molecule has 0 aliphatic heterocycles. The van der Waals surface area contributed by atoms with Gasteiger partial charge in [-0.25, -0.2) is 13.2 Å². The summed E-state index contributed by atoms with van der Waals surface area (Å²) >= 11 is 3.19.